The summed E-state index contributed by atoms with van der Waals surface area (Å²) in [6.07, 6.45) is 0.450. The average Bonchev–Trinajstić information content (AvgIpc) is 2.25. The Morgan fingerprint density at radius 2 is 1.75 bits per heavy atom. The second kappa shape index (κ2) is 5.26. The minimum Gasteiger partial charge on any atom is -0.384 e. The molecule has 2 heteroatoms. The number of hydrogen-bond donors (Lipinski definition) is 0. The van der Waals surface area contributed by atoms with Gasteiger partial charge in [-0.2, -0.15) is 0 Å². The number of ether oxygens (including phenoxy) is 1. The van der Waals surface area contributed by atoms with Gasteiger partial charge in [0.15, 0.2) is 5.78 Å². The normalized spacial score (nSPS) is 11.5. The molecule has 0 aliphatic carbocycles. The Balaban J connectivity index is 2.75. The van der Waals surface area contributed by atoms with Crippen LogP contribution in [0.2, 0.25) is 0 Å². The van der Waals surface area contributed by atoms with Crippen LogP contribution in [0.1, 0.15) is 43.1 Å². The molecule has 0 aliphatic heterocycles. The summed E-state index contributed by atoms with van der Waals surface area (Å²) in [5.41, 5.74) is 2.15. The number of ketones is 1. The maximum Gasteiger partial charge on any atom is 0.165 e. The van der Waals surface area contributed by atoms with Crippen LogP contribution in [-0.2, 0) is 10.2 Å². The zero-order valence-corrected chi connectivity index (χ0v) is 10.5. The zero-order chi connectivity index (χ0) is 12.2. The molecule has 0 bridgehead atoms. The molecule has 0 unspecified atom stereocenters. The van der Waals surface area contributed by atoms with E-state index in [1.807, 2.05) is 24.3 Å². The number of carbonyl (C=O) groups is 1. The molecule has 0 aliphatic rings. The first-order valence-corrected chi connectivity index (χ1v) is 5.58. The largest absolute Gasteiger partial charge is 0.384 e. The van der Waals surface area contributed by atoms with Crippen molar-refractivity contribution in [1.29, 1.82) is 0 Å². The SMILES string of the molecule is COCCC(=O)c1ccc(C(C)(C)C)cc1. The van der Waals surface area contributed by atoms with Gasteiger partial charge in [-0.25, -0.2) is 0 Å². The van der Waals surface area contributed by atoms with E-state index in [9.17, 15) is 4.79 Å². The topological polar surface area (TPSA) is 26.3 Å². The third-order valence-corrected chi connectivity index (χ3v) is 2.61. The summed E-state index contributed by atoms with van der Waals surface area (Å²) in [5, 5.41) is 0. The third-order valence-electron chi connectivity index (χ3n) is 2.61. The molecule has 2 nitrogen and oxygen atoms in total. The Hall–Kier alpha value is -1.15. The highest BCUT2D eigenvalue weighted by Crippen LogP contribution is 2.22. The van der Waals surface area contributed by atoms with Gasteiger partial charge in [0.1, 0.15) is 0 Å². The molecule has 0 aromatic heterocycles. The van der Waals surface area contributed by atoms with Crippen molar-refractivity contribution in [2.24, 2.45) is 0 Å². The molecular formula is C14H20O2. The molecule has 0 radical (unpaired) electrons. The summed E-state index contributed by atoms with van der Waals surface area (Å²) >= 11 is 0. The Morgan fingerprint density at radius 3 is 2.19 bits per heavy atom. The monoisotopic (exact) mass is 220 g/mol. The van der Waals surface area contributed by atoms with Crippen LogP contribution in [0.25, 0.3) is 0 Å². The molecular weight excluding hydrogens is 200 g/mol. The van der Waals surface area contributed by atoms with Crippen molar-refractivity contribution in [3.63, 3.8) is 0 Å². The van der Waals surface area contributed by atoms with E-state index in [1.54, 1.807) is 7.11 Å². The minimum atomic E-state index is 0.133. The Morgan fingerprint density at radius 1 is 1.19 bits per heavy atom. The van der Waals surface area contributed by atoms with Gasteiger partial charge in [0.2, 0.25) is 0 Å². The Bertz CT molecular complexity index is 344. The van der Waals surface area contributed by atoms with E-state index in [1.165, 1.54) is 5.56 Å². The second-order valence-corrected chi connectivity index (χ2v) is 4.99. The number of Topliss-reactive ketones (excluding diaryl/α,β-unsaturated/α-hetero) is 1. The molecule has 0 amide bonds. The van der Waals surface area contributed by atoms with Crippen LogP contribution in [0.15, 0.2) is 24.3 Å². The number of rotatable bonds is 4. The van der Waals surface area contributed by atoms with Crippen LogP contribution >= 0.6 is 0 Å². The summed E-state index contributed by atoms with van der Waals surface area (Å²) in [6.45, 7) is 6.97. The molecule has 1 rings (SSSR count). The molecule has 1 aromatic carbocycles. The van der Waals surface area contributed by atoms with Gasteiger partial charge in [0.25, 0.3) is 0 Å². The van der Waals surface area contributed by atoms with Crippen molar-refractivity contribution in [2.45, 2.75) is 32.6 Å². The van der Waals surface area contributed by atoms with Crippen LogP contribution < -0.4 is 0 Å². The predicted octanol–water partition coefficient (Wildman–Crippen LogP) is 3.20. The van der Waals surface area contributed by atoms with E-state index < -0.39 is 0 Å². The highest BCUT2D eigenvalue weighted by atomic mass is 16.5. The molecule has 0 fully saturated rings. The summed E-state index contributed by atoms with van der Waals surface area (Å²) in [5.74, 6) is 0.141. The van der Waals surface area contributed by atoms with E-state index in [4.69, 9.17) is 4.74 Å². The van der Waals surface area contributed by atoms with Gasteiger partial charge in [-0.1, -0.05) is 45.0 Å². The first kappa shape index (κ1) is 12.9. The Labute approximate surface area is 97.6 Å². The number of carbonyl (C=O) groups excluding carboxylic acids is 1. The Kier molecular flexibility index (Phi) is 4.25. The first-order valence-electron chi connectivity index (χ1n) is 5.58. The number of methoxy groups -OCH3 is 1. The molecule has 0 spiro atoms. The van der Waals surface area contributed by atoms with Crippen LogP contribution in [0, 0.1) is 0 Å². The fourth-order valence-corrected chi connectivity index (χ4v) is 1.50. The van der Waals surface area contributed by atoms with E-state index in [-0.39, 0.29) is 11.2 Å². The van der Waals surface area contributed by atoms with E-state index >= 15 is 0 Å². The van der Waals surface area contributed by atoms with E-state index in [0.717, 1.165) is 5.56 Å². The fraction of sp³-hybridized carbons (Fsp3) is 0.500. The average molecular weight is 220 g/mol. The summed E-state index contributed by atoms with van der Waals surface area (Å²) in [4.78, 5) is 11.7. The summed E-state index contributed by atoms with van der Waals surface area (Å²) in [6, 6.07) is 7.86. The third kappa shape index (κ3) is 3.46. The molecule has 0 saturated heterocycles. The molecule has 0 saturated carbocycles. The molecule has 1 aromatic rings. The molecule has 88 valence electrons. The van der Waals surface area contributed by atoms with Gasteiger partial charge in [-0.05, 0) is 11.0 Å². The van der Waals surface area contributed by atoms with E-state index in [2.05, 4.69) is 20.8 Å². The van der Waals surface area contributed by atoms with Gasteiger partial charge >= 0.3 is 0 Å². The standard InChI is InChI=1S/C14H20O2/c1-14(2,3)12-7-5-11(6-8-12)13(15)9-10-16-4/h5-8H,9-10H2,1-4H3. The maximum absolute atomic E-state index is 11.7. The second-order valence-electron chi connectivity index (χ2n) is 4.99. The molecule has 0 heterocycles. The first-order chi connectivity index (χ1) is 7.45. The van der Waals surface area contributed by atoms with Crippen molar-refractivity contribution in [3.05, 3.63) is 35.4 Å². The van der Waals surface area contributed by atoms with Gasteiger partial charge < -0.3 is 4.74 Å². The van der Waals surface area contributed by atoms with Gasteiger partial charge in [0, 0.05) is 19.1 Å². The highest BCUT2D eigenvalue weighted by molar-refractivity contribution is 5.96. The number of benzene rings is 1. The van der Waals surface area contributed by atoms with Crippen LogP contribution in [0.4, 0.5) is 0 Å². The highest BCUT2D eigenvalue weighted by Gasteiger charge is 2.14. The van der Waals surface area contributed by atoms with Crippen LogP contribution in [0.5, 0.6) is 0 Å². The van der Waals surface area contributed by atoms with Crippen molar-refractivity contribution in [3.8, 4) is 0 Å². The lowest BCUT2D eigenvalue weighted by Gasteiger charge is -2.18. The van der Waals surface area contributed by atoms with Crippen LogP contribution in [0.3, 0.4) is 0 Å². The predicted molar refractivity (Wildman–Crippen MR) is 66.0 cm³/mol. The zero-order valence-electron chi connectivity index (χ0n) is 10.5. The number of hydrogen-bond acceptors (Lipinski definition) is 2. The van der Waals surface area contributed by atoms with Crippen LogP contribution in [-0.4, -0.2) is 19.5 Å². The van der Waals surface area contributed by atoms with Crippen molar-refractivity contribution in [2.75, 3.05) is 13.7 Å². The van der Waals surface area contributed by atoms with Crippen molar-refractivity contribution < 1.29 is 9.53 Å². The van der Waals surface area contributed by atoms with Gasteiger partial charge in [-0.3, -0.25) is 4.79 Å². The lowest BCUT2D eigenvalue weighted by molar-refractivity contribution is 0.0932. The molecule has 0 atom stereocenters. The van der Waals surface area contributed by atoms with Gasteiger partial charge in [-0.15, -0.1) is 0 Å². The lowest BCUT2D eigenvalue weighted by atomic mass is 9.86. The van der Waals surface area contributed by atoms with E-state index in [0.29, 0.717) is 13.0 Å². The summed E-state index contributed by atoms with van der Waals surface area (Å²) < 4.78 is 4.89. The lowest BCUT2D eigenvalue weighted by Crippen LogP contribution is -2.11. The fourth-order valence-electron chi connectivity index (χ4n) is 1.50. The van der Waals surface area contributed by atoms with Crippen molar-refractivity contribution in [1.82, 2.24) is 0 Å². The maximum atomic E-state index is 11.7. The minimum absolute atomic E-state index is 0.133. The molecule has 16 heavy (non-hydrogen) atoms. The van der Waals surface area contributed by atoms with Gasteiger partial charge in [0.05, 0.1) is 6.61 Å². The van der Waals surface area contributed by atoms with Crippen molar-refractivity contribution >= 4 is 5.78 Å². The summed E-state index contributed by atoms with van der Waals surface area (Å²) in [7, 11) is 1.61. The molecule has 0 N–H and O–H groups in total. The smallest absolute Gasteiger partial charge is 0.165 e. The quantitative estimate of drug-likeness (QED) is 0.728.